The Hall–Kier alpha value is -2.80. The predicted octanol–water partition coefficient (Wildman–Crippen LogP) is 5.52. The summed E-state index contributed by atoms with van der Waals surface area (Å²) in [4.78, 5) is 12.8. The Bertz CT molecular complexity index is 995. The normalized spacial score (nSPS) is 11.8. The van der Waals surface area contributed by atoms with Crippen LogP contribution in [0.1, 0.15) is 52.3 Å². The molecule has 1 aromatic heterocycles. The van der Waals surface area contributed by atoms with Crippen LogP contribution < -0.4 is 14.8 Å². The number of rotatable bonds is 8. The van der Waals surface area contributed by atoms with Crippen LogP contribution >= 0.6 is 15.9 Å². The van der Waals surface area contributed by atoms with E-state index >= 15 is 0 Å². The van der Waals surface area contributed by atoms with Crippen LogP contribution in [0.15, 0.2) is 51.5 Å². The Labute approximate surface area is 184 Å². The Morgan fingerprint density at radius 2 is 1.90 bits per heavy atom. The van der Waals surface area contributed by atoms with Crippen molar-refractivity contribution in [3.8, 4) is 11.5 Å². The zero-order chi connectivity index (χ0) is 21.7. The van der Waals surface area contributed by atoms with Crippen LogP contribution in [0.2, 0.25) is 0 Å². The number of carbonyl (C=O) groups excluding carboxylic acids is 1. The molecule has 0 saturated heterocycles. The average Bonchev–Trinajstić information content (AvgIpc) is 3.08. The van der Waals surface area contributed by atoms with Crippen molar-refractivity contribution in [2.24, 2.45) is 0 Å². The first kappa shape index (κ1) is 21.9. The topological polar surface area (TPSA) is 73.6 Å². The van der Waals surface area contributed by atoms with Gasteiger partial charge in [0.15, 0.2) is 11.5 Å². The van der Waals surface area contributed by atoms with Crippen molar-refractivity contribution >= 4 is 21.8 Å². The molecule has 0 aliphatic rings. The molecule has 2 aromatic carbocycles. The minimum atomic E-state index is -0.166. The summed E-state index contributed by atoms with van der Waals surface area (Å²) in [6.45, 7) is 6.07. The van der Waals surface area contributed by atoms with Crippen LogP contribution in [0.3, 0.4) is 0 Å². The number of halogens is 1. The number of methoxy groups -OCH3 is 1. The molecule has 0 aliphatic heterocycles. The van der Waals surface area contributed by atoms with Gasteiger partial charge < -0.3 is 19.3 Å². The molecule has 6 nitrogen and oxygen atoms in total. The van der Waals surface area contributed by atoms with Gasteiger partial charge in [-0.05, 0) is 56.2 Å². The Morgan fingerprint density at radius 3 is 2.50 bits per heavy atom. The highest BCUT2D eigenvalue weighted by atomic mass is 79.9. The molecule has 1 amide bonds. The average molecular weight is 473 g/mol. The quantitative estimate of drug-likeness (QED) is 0.466. The van der Waals surface area contributed by atoms with Crippen LogP contribution in [0.25, 0.3) is 0 Å². The second kappa shape index (κ2) is 9.80. The van der Waals surface area contributed by atoms with E-state index in [0.717, 1.165) is 33.5 Å². The van der Waals surface area contributed by atoms with Gasteiger partial charge in [-0.2, -0.15) is 0 Å². The lowest BCUT2D eigenvalue weighted by atomic mass is 10.0. The molecule has 3 aromatic rings. The van der Waals surface area contributed by atoms with Gasteiger partial charge in [-0.1, -0.05) is 40.1 Å². The van der Waals surface area contributed by atoms with Crippen LogP contribution in [0.5, 0.6) is 11.5 Å². The zero-order valence-corrected chi connectivity index (χ0v) is 19.1. The lowest BCUT2D eigenvalue weighted by Gasteiger charge is -2.18. The van der Waals surface area contributed by atoms with Crippen molar-refractivity contribution in [1.82, 2.24) is 10.5 Å². The summed E-state index contributed by atoms with van der Waals surface area (Å²) < 4.78 is 17.5. The fourth-order valence-corrected chi connectivity index (χ4v) is 3.41. The van der Waals surface area contributed by atoms with Crippen molar-refractivity contribution in [1.29, 1.82) is 0 Å². The molecule has 0 bridgehead atoms. The molecule has 7 heteroatoms. The fourth-order valence-electron chi connectivity index (χ4n) is 3.14. The predicted molar refractivity (Wildman–Crippen MR) is 118 cm³/mol. The number of benzene rings is 2. The van der Waals surface area contributed by atoms with Gasteiger partial charge in [-0.15, -0.1) is 0 Å². The van der Waals surface area contributed by atoms with Gasteiger partial charge in [0.1, 0.15) is 12.4 Å². The molecule has 3 rings (SSSR count). The highest BCUT2D eigenvalue weighted by Crippen LogP contribution is 2.30. The van der Waals surface area contributed by atoms with E-state index in [0.29, 0.717) is 23.7 Å². The zero-order valence-electron chi connectivity index (χ0n) is 17.5. The van der Waals surface area contributed by atoms with Crippen LogP contribution in [0.4, 0.5) is 0 Å². The van der Waals surface area contributed by atoms with E-state index in [2.05, 4.69) is 26.4 Å². The Balaban J connectivity index is 1.72. The molecule has 1 unspecified atom stereocenters. The fraction of sp³-hybridized carbons (Fsp3) is 0.304. The van der Waals surface area contributed by atoms with Crippen LogP contribution in [-0.2, 0) is 6.61 Å². The Morgan fingerprint density at radius 1 is 1.17 bits per heavy atom. The number of amides is 1. The van der Waals surface area contributed by atoms with Gasteiger partial charge >= 0.3 is 0 Å². The summed E-state index contributed by atoms with van der Waals surface area (Å²) in [5.74, 6) is 1.60. The van der Waals surface area contributed by atoms with Crippen molar-refractivity contribution in [2.45, 2.75) is 39.8 Å². The third kappa shape index (κ3) is 5.02. The van der Waals surface area contributed by atoms with Gasteiger partial charge in [-0.3, -0.25) is 4.79 Å². The second-order valence-corrected chi connectivity index (χ2v) is 7.86. The van der Waals surface area contributed by atoms with Gasteiger partial charge in [0.2, 0.25) is 0 Å². The molecule has 0 radical (unpaired) electrons. The minimum Gasteiger partial charge on any atom is -0.493 e. The number of ether oxygens (including phenoxy) is 2. The summed E-state index contributed by atoms with van der Waals surface area (Å²) in [6, 6.07) is 13.0. The number of aromatic nitrogens is 1. The summed E-state index contributed by atoms with van der Waals surface area (Å²) in [5, 5.41) is 7.02. The minimum absolute atomic E-state index is 0.0768. The maximum atomic E-state index is 12.8. The van der Waals surface area contributed by atoms with E-state index < -0.39 is 0 Å². The molecule has 0 saturated carbocycles. The Kier molecular flexibility index (Phi) is 7.15. The van der Waals surface area contributed by atoms with E-state index in [1.807, 2.05) is 45.0 Å². The van der Waals surface area contributed by atoms with Crippen molar-refractivity contribution in [2.75, 3.05) is 7.11 Å². The van der Waals surface area contributed by atoms with Gasteiger partial charge in [0.05, 0.1) is 24.4 Å². The lowest BCUT2D eigenvalue weighted by Crippen LogP contribution is -2.28. The number of aryl methyl sites for hydroxylation is 2. The van der Waals surface area contributed by atoms with E-state index in [1.54, 1.807) is 25.3 Å². The van der Waals surface area contributed by atoms with Crippen molar-refractivity contribution in [3.05, 3.63) is 75.1 Å². The molecule has 1 atom stereocenters. The molecular formula is C23H25BrN2O4. The second-order valence-electron chi connectivity index (χ2n) is 6.94. The maximum Gasteiger partial charge on any atom is 0.251 e. The van der Waals surface area contributed by atoms with E-state index in [-0.39, 0.29) is 11.9 Å². The largest absolute Gasteiger partial charge is 0.493 e. The number of carbonyl (C=O) groups is 1. The summed E-state index contributed by atoms with van der Waals surface area (Å²) in [5.41, 5.74) is 3.26. The molecule has 0 fully saturated rings. The molecule has 0 spiro atoms. The summed E-state index contributed by atoms with van der Waals surface area (Å²) >= 11 is 3.44. The standard InChI is InChI=1S/C23H25BrN2O4/c1-5-20(16-6-9-18(24)10-7-16)25-23(27)17-8-11-21(22(12-17)28-4)29-13-19-14(2)26-30-15(19)3/h6-12,20H,5,13H2,1-4H3,(H,25,27). The van der Waals surface area contributed by atoms with Crippen molar-refractivity contribution < 1.29 is 18.8 Å². The third-order valence-electron chi connectivity index (χ3n) is 4.96. The lowest BCUT2D eigenvalue weighted by molar-refractivity contribution is 0.0935. The number of hydrogen-bond acceptors (Lipinski definition) is 5. The first-order valence-corrected chi connectivity index (χ1v) is 10.5. The van der Waals surface area contributed by atoms with Gasteiger partial charge in [0.25, 0.3) is 5.91 Å². The highest BCUT2D eigenvalue weighted by molar-refractivity contribution is 9.10. The van der Waals surface area contributed by atoms with Crippen molar-refractivity contribution in [3.63, 3.8) is 0 Å². The van der Waals surface area contributed by atoms with Gasteiger partial charge in [-0.25, -0.2) is 0 Å². The van der Waals surface area contributed by atoms with Crippen LogP contribution in [0, 0.1) is 13.8 Å². The smallest absolute Gasteiger partial charge is 0.251 e. The van der Waals surface area contributed by atoms with E-state index in [9.17, 15) is 4.79 Å². The van der Waals surface area contributed by atoms with E-state index in [1.165, 1.54) is 0 Å². The number of hydrogen-bond donors (Lipinski definition) is 1. The summed E-state index contributed by atoms with van der Waals surface area (Å²) in [7, 11) is 1.55. The SMILES string of the molecule is CCC(NC(=O)c1ccc(OCc2c(C)noc2C)c(OC)c1)c1ccc(Br)cc1. The molecule has 0 aliphatic carbocycles. The number of nitrogens with zero attached hydrogens (tertiary/aromatic N) is 1. The monoisotopic (exact) mass is 472 g/mol. The molecule has 30 heavy (non-hydrogen) atoms. The maximum absolute atomic E-state index is 12.8. The summed E-state index contributed by atoms with van der Waals surface area (Å²) in [6.07, 6.45) is 0.781. The first-order chi connectivity index (χ1) is 14.4. The highest BCUT2D eigenvalue weighted by Gasteiger charge is 2.17. The molecule has 1 heterocycles. The third-order valence-corrected chi connectivity index (χ3v) is 5.49. The molecule has 158 valence electrons. The molecular weight excluding hydrogens is 448 g/mol. The van der Waals surface area contributed by atoms with Gasteiger partial charge in [0, 0.05) is 10.0 Å². The van der Waals surface area contributed by atoms with Crippen LogP contribution in [-0.4, -0.2) is 18.2 Å². The number of nitrogens with one attached hydrogen (secondary N) is 1. The van der Waals surface area contributed by atoms with E-state index in [4.69, 9.17) is 14.0 Å². The molecule has 1 N–H and O–H groups in total. The first-order valence-electron chi connectivity index (χ1n) is 9.71.